The maximum Gasteiger partial charge on any atom is 0.179 e. The summed E-state index contributed by atoms with van der Waals surface area (Å²) in [6.07, 6.45) is 1.80. The lowest BCUT2D eigenvalue weighted by molar-refractivity contribution is 0.354. The van der Waals surface area contributed by atoms with E-state index in [0.717, 1.165) is 18.4 Å². The highest BCUT2D eigenvalue weighted by molar-refractivity contribution is 6.33. The average molecular weight is 334 g/mol. The van der Waals surface area contributed by atoms with E-state index >= 15 is 0 Å². The van der Waals surface area contributed by atoms with Crippen molar-refractivity contribution < 1.29 is 9.47 Å². The van der Waals surface area contributed by atoms with Crippen LogP contribution in [0.3, 0.4) is 0 Å². The van der Waals surface area contributed by atoms with Crippen LogP contribution in [0, 0.1) is 0 Å². The third-order valence-electron chi connectivity index (χ3n) is 4.18. The van der Waals surface area contributed by atoms with Crippen LogP contribution < -0.4 is 15.2 Å². The lowest BCUT2D eigenvalue weighted by Crippen LogP contribution is -2.15. The van der Waals surface area contributed by atoms with Crippen molar-refractivity contribution >= 4 is 11.6 Å². The fourth-order valence-electron chi connectivity index (χ4n) is 2.72. The first-order valence-corrected chi connectivity index (χ1v) is 8.20. The van der Waals surface area contributed by atoms with Gasteiger partial charge in [0.25, 0.3) is 0 Å². The minimum absolute atomic E-state index is 0.219. The SMILES string of the molecule is CCc1ccc(C(CN)Cc2ccc(OC)c(OC)c2Cl)cc1. The molecule has 23 heavy (non-hydrogen) atoms. The van der Waals surface area contributed by atoms with Gasteiger partial charge >= 0.3 is 0 Å². The van der Waals surface area contributed by atoms with Gasteiger partial charge in [-0.2, -0.15) is 0 Å². The predicted octanol–water partition coefficient (Wildman–Crippen LogP) is 4.20. The molecule has 0 aromatic heterocycles. The zero-order valence-electron chi connectivity index (χ0n) is 13.9. The Morgan fingerprint density at radius 1 is 1.04 bits per heavy atom. The van der Waals surface area contributed by atoms with E-state index in [1.807, 2.05) is 12.1 Å². The molecule has 2 aromatic carbocycles. The van der Waals surface area contributed by atoms with E-state index in [1.54, 1.807) is 14.2 Å². The summed E-state index contributed by atoms with van der Waals surface area (Å²) < 4.78 is 10.7. The van der Waals surface area contributed by atoms with Gasteiger partial charge in [0.15, 0.2) is 11.5 Å². The van der Waals surface area contributed by atoms with Crippen molar-refractivity contribution in [3.8, 4) is 11.5 Å². The molecule has 1 unspecified atom stereocenters. The first-order valence-electron chi connectivity index (χ1n) is 7.82. The molecule has 124 valence electrons. The first-order chi connectivity index (χ1) is 11.1. The Bertz CT molecular complexity index is 641. The minimum Gasteiger partial charge on any atom is -0.493 e. The van der Waals surface area contributed by atoms with Crippen LogP contribution in [0.15, 0.2) is 36.4 Å². The summed E-state index contributed by atoms with van der Waals surface area (Å²) in [5.41, 5.74) is 9.57. The summed E-state index contributed by atoms with van der Waals surface area (Å²) in [7, 11) is 3.20. The number of benzene rings is 2. The number of hydrogen-bond donors (Lipinski definition) is 1. The summed E-state index contributed by atoms with van der Waals surface area (Å²) >= 11 is 6.48. The molecule has 0 saturated carbocycles. The number of aryl methyl sites for hydroxylation is 1. The molecule has 0 heterocycles. The van der Waals surface area contributed by atoms with E-state index in [-0.39, 0.29) is 5.92 Å². The second-order valence-corrected chi connectivity index (χ2v) is 5.88. The van der Waals surface area contributed by atoms with Crippen molar-refractivity contribution in [1.82, 2.24) is 0 Å². The Kier molecular flexibility index (Phi) is 6.31. The molecular weight excluding hydrogens is 310 g/mol. The van der Waals surface area contributed by atoms with E-state index in [1.165, 1.54) is 11.1 Å². The highest BCUT2D eigenvalue weighted by Crippen LogP contribution is 2.38. The van der Waals surface area contributed by atoms with E-state index in [9.17, 15) is 0 Å². The third kappa shape index (κ3) is 3.98. The van der Waals surface area contributed by atoms with Crippen LogP contribution in [0.25, 0.3) is 0 Å². The second-order valence-electron chi connectivity index (χ2n) is 5.51. The molecule has 2 rings (SSSR count). The molecule has 0 saturated heterocycles. The maximum absolute atomic E-state index is 6.48. The number of methoxy groups -OCH3 is 2. The van der Waals surface area contributed by atoms with Gasteiger partial charge in [0, 0.05) is 5.92 Å². The molecule has 3 nitrogen and oxygen atoms in total. The van der Waals surface area contributed by atoms with Gasteiger partial charge in [-0.15, -0.1) is 0 Å². The van der Waals surface area contributed by atoms with Crippen molar-refractivity contribution in [2.75, 3.05) is 20.8 Å². The van der Waals surface area contributed by atoms with Crippen LogP contribution in [0.2, 0.25) is 5.02 Å². The van der Waals surface area contributed by atoms with E-state index < -0.39 is 0 Å². The zero-order valence-corrected chi connectivity index (χ0v) is 14.7. The summed E-state index contributed by atoms with van der Waals surface area (Å²) in [5.74, 6) is 1.43. The largest absolute Gasteiger partial charge is 0.493 e. The average Bonchev–Trinajstić information content (AvgIpc) is 2.60. The first kappa shape index (κ1) is 17.6. The van der Waals surface area contributed by atoms with Gasteiger partial charge in [-0.25, -0.2) is 0 Å². The van der Waals surface area contributed by atoms with Crippen molar-refractivity contribution in [3.63, 3.8) is 0 Å². The van der Waals surface area contributed by atoms with Gasteiger partial charge in [-0.05, 0) is 42.1 Å². The molecule has 2 N–H and O–H groups in total. The molecule has 0 radical (unpaired) electrons. The molecule has 0 aliphatic carbocycles. The quantitative estimate of drug-likeness (QED) is 0.825. The van der Waals surface area contributed by atoms with E-state index in [4.69, 9.17) is 26.8 Å². The van der Waals surface area contributed by atoms with Crippen LogP contribution in [-0.4, -0.2) is 20.8 Å². The van der Waals surface area contributed by atoms with Gasteiger partial charge in [0.1, 0.15) is 0 Å². The molecular formula is C19H24ClNO2. The zero-order chi connectivity index (χ0) is 16.8. The predicted molar refractivity (Wildman–Crippen MR) is 95.9 cm³/mol. The summed E-state index contributed by atoms with van der Waals surface area (Å²) in [4.78, 5) is 0. The number of halogens is 1. The smallest absolute Gasteiger partial charge is 0.179 e. The van der Waals surface area contributed by atoms with Crippen molar-refractivity contribution in [1.29, 1.82) is 0 Å². The Labute approximate surface area is 143 Å². The molecule has 0 aliphatic heterocycles. The number of nitrogens with two attached hydrogens (primary N) is 1. The van der Waals surface area contributed by atoms with Crippen LogP contribution in [0.5, 0.6) is 11.5 Å². The Morgan fingerprint density at radius 3 is 2.26 bits per heavy atom. The topological polar surface area (TPSA) is 44.5 Å². The molecule has 0 spiro atoms. The lowest BCUT2D eigenvalue weighted by atomic mass is 9.91. The third-order valence-corrected chi connectivity index (χ3v) is 4.59. The second kappa shape index (κ2) is 8.23. The van der Waals surface area contributed by atoms with Gasteiger partial charge < -0.3 is 15.2 Å². The summed E-state index contributed by atoms with van der Waals surface area (Å²) in [6.45, 7) is 2.72. The summed E-state index contributed by atoms with van der Waals surface area (Å²) in [5, 5.41) is 0.593. The fraction of sp³-hybridized carbons (Fsp3) is 0.368. The van der Waals surface area contributed by atoms with E-state index in [2.05, 4.69) is 31.2 Å². The lowest BCUT2D eigenvalue weighted by Gasteiger charge is -2.18. The maximum atomic E-state index is 6.48. The molecule has 0 aliphatic rings. The van der Waals surface area contributed by atoms with Crippen LogP contribution in [-0.2, 0) is 12.8 Å². The Balaban J connectivity index is 2.27. The van der Waals surface area contributed by atoms with Crippen LogP contribution in [0.1, 0.15) is 29.5 Å². The van der Waals surface area contributed by atoms with Gasteiger partial charge in [0.05, 0.1) is 19.2 Å². The van der Waals surface area contributed by atoms with Crippen molar-refractivity contribution in [2.24, 2.45) is 5.73 Å². The van der Waals surface area contributed by atoms with Crippen molar-refractivity contribution in [3.05, 3.63) is 58.1 Å². The number of rotatable bonds is 7. The minimum atomic E-state index is 0.219. The normalized spacial score (nSPS) is 12.0. The molecule has 1 atom stereocenters. The van der Waals surface area contributed by atoms with E-state index in [0.29, 0.717) is 23.1 Å². The fourth-order valence-corrected chi connectivity index (χ4v) is 3.03. The molecule has 0 bridgehead atoms. The number of ether oxygens (including phenoxy) is 2. The highest BCUT2D eigenvalue weighted by atomic mass is 35.5. The molecule has 2 aromatic rings. The summed E-state index contributed by atoms with van der Waals surface area (Å²) in [6, 6.07) is 12.5. The highest BCUT2D eigenvalue weighted by Gasteiger charge is 2.17. The molecule has 0 amide bonds. The van der Waals surface area contributed by atoms with Gasteiger partial charge in [0.2, 0.25) is 0 Å². The Morgan fingerprint density at radius 2 is 1.74 bits per heavy atom. The van der Waals surface area contributed by atoms with Gasteiger partial charge in [-0.3, -0.25) is 0 Å². The number of hydrogen-bond acceptors (Lipinski definition) is 3. The Hall–Kier alpha value is -1.71. The molecule has 4 heteroatoms. The monoisotopic (exact) mass is 333 g/mol. The van der Waals surface area contributed by atoms with Crippen LogP contribution in [0.4, 0.5) is 0 Å². The van der Waals surface area contributed by atoms with Crippen molar-refractivity contribution in [2.45, 2.75) is 25.7 Å². The van der Waals surface area contributed by atoms with Gasteiger partial charge in [-0.1, -0.05) is 48.9 Å². The standard InChI is InChI=1S/C19H24ClNO2/c1-4-13-5-7-14(8-6-13)16(12-21)11-15-9-10-17(22-2)19(23-3)18(15)20/h5-10,16H,4,11-12,21H2,1-3H3. The van der Waals surface area contributed by atoms with Crippen LogP contribution >= 0.6 is 11.6 Å². The molecule has 0 fully saturated rings.